The average molecular weight is 379 g/mol. The van der Waals surface area contributed by atoms with Crippen LogP contribution in [0.25, 0.3) is 11.0 Å². The summed E-state index contributed by atoms with van der Waals surface area (Å²) < 4.78 is 16.7. The second-order valence-corrected chi connectivity index (χ2v) is 6.58. The highest BCUT2D eigenvalue weighted by atomic mass is 35.5. The normalized spacial score (nSPS) is 10.9. The van der Waals surface area contributed by atoms with Crippen molar-refractivity contribution in [3.05, 3.63) is 57.3 Å². The third kappa shape index (κ3) is 3.60. The Kier molecular flexibility index (Phi) is 4.93. The van der Waals surface area contributed by atoms with Crippen LogP contribution in [0.15, 0.2) is 34.9 Å². The molecule has 0 spiro atoms. The number of rotatable bonds is 4. The first kappa shape index (κ1) is 17.6. The summed E-state index contributed by atoms with van der Waals surface area (Å²) in [6, 6.07) is 7.17. The number of hydrogen-bond acceptors (Lipinski definition) is 4. The third-order valence-corrected chi connectivity index (χ3v) is 4.45. The van der Waals surface area contributed by atoms with Crippen LogP contribution in [-0.4, -0.2) is 5.97 Å². The molecule has 0 radical (unpaired) electrons. The molecule has 0 saturated heterocycles. The minimum atomic E-state index is -0.391. The fourth-order valence-electron chi connectivity index (χ4n) is 2.65. The summed E-state index contributed by atoms with van der Waals surface area (Å²) >= 11 is 12.1. The number of carbonyl (C=O) groups excluding carboxylic acids is 1. The number of esters is 1. The Bertz CT molecular complexity index is 960. The number of ether oxygens (including phenoxy) is 2. The van der Waals surface area contributed by atoms with Gasteiger partial charge < -0.3 is 13.9 Å². The van der Waals surface area contributed by atoms with Gasteiger partial charge in [-0.25, -0.2) is 0 Å². The Hall–Kier alpha value is -2.17. The number of furan rings is 1. The Labute approximate surface area is 155 Å². The smallest absolute Gasteiger partial charge is 0.308 e. The molecule has 0 atom stereocenters. The lowest BCUT2D eigenvalue weighted by Gasteiger charge is -2.12. The fourth-order valence-corrected chi connectivity index (χ4v) is 3.12. The van der Waals surface area contributed by atoms with Crippen molar-refractivity contribution in [3.8, 4) is 11.5 Å². The van der Waals surface area contributed by atoms with E-state index in [0.717, 1.165) is 22.1 Å². The molecule has 3 aromatic rings. The van der Waals surface area contributed by atoms with E-state index in [0.29, 0.717) is 33.7 Å². The van der Waals surface area contributed by atoms with Gasteiger partial charge in [0.25, 0.3) is 0 Å². The van der Waals surface area contributed by atoms with Crippen LogP contribution in [-0.2, 0) is 11.4 Å². The van der Waals surface area contributed by atoms with E-state index in [2.05, 4.69) is 0 Å². The van der Waals surface area contributed by atoms with E-state index in [-0.39, 0.29) is 0 Å². The van der Waals surface area contributed by atoms with Gasteiger partial charge in [-0.3, -0.25) is 4.79 Å². The van der Waals surface area contributed by atoms with Crippen LogP contribution < -0.4 is 9.47 Å². The molecule has 6 heteroatoms. The maximum Gasteiger partial charge on any atom is 0.308 e. The zero-order chi connectivity index (χ0) is 18.1. The van der Waals surface area contributed by atoms with E-state index in [4.69, 9.17) is 37.1 Å². The largest absolute Gasteiger partial charge is 0.488 e. The molecule has 0 aliphatic heterocycles. The minimum Gasteiger partial charge on any atom is -0.488 e. The van der Waals surface area contributed by atoms with Gasteiger partial charge in [0.15, 0.2) is 5.75 Å². The molecular weight excluding hydrogens is 363 g/mol. The molecule has 0 amide bonds. The molecule has 0 aliphatic rings. The van der Waals surface area contributed by atoms with E-state index >= 15 is 0 Å². The van der Waals surface area contributed by atoms with Crippen LogP contribution in [0.1, 0.15) is 23.6 Å². The lowest BCUT2D eigenvalue weighted by Crippen LogP contribution is -2.01. The highest BCUT2D eigenvalue weighted by molar-refractivity contribution is 6.35. The van der Waals surface area contributed by atoms with E-state index in [1.807, 2.05) is 26.0 Å². The zero-order valence-corrected chi connectivity index (χ0v) is 15.5. The Morgan fingerprint density at radius 2 is 1.92 bits per heavy atom. The number of aryl methyl sites for hydroxylation is 2. The predicted octanol–water partition coefficient (Wildman–Crippen LogP) is 5.86. The van der Waals surface area contributed by atoms with Gasteiger partial charge in [-0.05, 0) is 37.6 Å². The first-order chi connectivity index (χ1) is 11.9. The minimum absolute atomic E-state index is 0.305. The van der Waals surface area contributed by atoms with Gasteiger partial charge in [-0.15, -0.1) is 0 Å². The number of carbonyl (C=O) groups is 1. The SMILES string of the molecule is CC(=O)Oc1coc2c(C)c(OCc3ccc(Cl)cc3Cl)cc(C)c12. The van der Waals surface area contributed by atoms with Gasteiger partial charge in [0.05, 0.1) is 5.39 Å². The lowest BCUT2D eigenvalue weighted by molar-refractivity contribution is -0.131. The van der Waals surface area contributed by atoms with E-state index in [1.54, 1.807) is 12.1 Å². The van der Waals surface area contributed by atoms with Gasteiger partial charge in [0.2, 0.25) is 0 Å². The van der Waals surface area contributed by atoms with Crippen molar-refractivity contribution in [2.75, 3.05) is 0 Å². The van der Waals surface area contributed by atoms with Gasteiger partial charge in [-0.1, -0.05) is 29.3 Å². The summed E-state index contributed by atoms with van der Waals surface area (Å²) in [5.41, 5.74) is 3.18. The summed E-state index contributed by atoms with van der Waals surface area (Å²) in [6.07, 6.45) is 1.44. The van der Waals surface area contributed by atoms with Crippen LogP contribution >= 0.6 is 23.2 Å². The van der Waals surface area contributed by atoms with Crippen molar-refractivity contribution < 1.29 is 18.7 Å². The molecule has 3 rings (SSSR count). The first-order valence-electron chi connectivity index (χ1n) is 7.63. The van der Waals surface area contributed by atoms with Crippen LogP contribution in [0.3, 0.4) is 0 Å². The third-order valence-electron chi connectivity index (χ3n) is 3.86. The molecular formula is C19H16Cl2O4. The Morgan fingerprint density at radius 1 is 1.16 bits per heavy atom. The van der Waals surface area contributed by atoms with Crippen molar-refractivity contribution in [2.45, 2.75) is 27.4 Å². The highest BCUT2D eigenvalue weighted by Crippen LogP contribution is 2.38. The monoisotopic (exact) mass is 378 g/mol. The highest BCUT2D eigenvalue weighted by Gasteiger charge is 2.17. The zero-order valence-electron chi connectivity index (χ0n) is 14.0. The second-order valence-electron chi connectivity index (χ2n) is 5.74. The van der Waals surface area contributed by atoms with Gasteiger partial charge in [0, 0.05) is 28.1 Å². The Morgan fingerprint density at radius 3 is 2.60 bits per heavy atom. The van der Waals surface area contributed by atoms with Crippen molar-refractivity contribution >= 4 is 40.1 Å². The van der Waals surface area contributed by atoms with E-state index in [9.17, 15) is 4.79 Å². The quantitative estimate of drug-likeness (QED) is 0.533. The average Bonchev–Trinajstić information content (AvgIpc) is 2.94. The van der Waals surface area contributed by atoms with Gasteiger partial charge >= 0.3 is 5.97 Å². The summed E-state index contributed by atoms with van der Waals surface area (Å²) in [7, 11) is 0. The van der Waals surface area contributed by atoms with Gasteiger partial charge in [0.1, 0.15) is 24.2 Å². The van der Waals surface area contributed by atoms with Crippen LogP contribution in [0.5, 0.6) is 11.5 Å². The second kappa shape index (κ2) is 6.98. The first-order valence-corrected chi connectivity index (χ1v) is 8.39. The molecule has 0 N–H and O–H groups in total. The fraction of sp³-hybridized carbons (Fsp3) is 0.211. The maximum absolute atomic E-state index is 11.2. The molecule has 0 aliphatic carbocycles. The van der Waals surface area contributed by atoms with Crippen molar-refractivity contribution in [1.82, 2.24) is 0 Å². The number of fused-ring (bicyclic) bond motifs is 1. The molecule has 4 nitrogen and oxygen atoms in total. The summed E-state index contributed by atoms with van der Waals surface area (Å²) in [5.74, 6) is 0.701. The van der Waals surface area contributed by atoms with E-state index in [1.165, 1.54) is 13.2 Å². The number of halogens is 2. The summed E-state index contributed by atoms with van der Waals surface area (Å²) in [6.45, 7) is 5.46. The summed E-state index contributed by atoms with van der Waals surface area (Å²) in [4.78, 5) is 11.2. The molecule has 1 aromatic heterocycles. The van der Waals surface area contributed by atoms with Crippen LogP contribution in [0.4, 0.5) is 0 Å². The number of hydrogen-bond donors (Lipinski definition) is 0. The van der Waals surface area contributed by atoms with Gasteiger partial charge in [-0.2, -0.15) is 0 Å². The van der Waals surface area contributed by atoms with Crippen molar-refractivity contribution in [3.63, 3.8) is 0 Å². The molecule has 0 saturated carbocycles. The van der Waals surface area contributed by atoms with Crippen LogP contribution in [0, 0.1) is 13.8 Å². The molecule has 0 unspecified atom stereocenters. The maximum atomic E-state index is 11.2. The molecule has 0 bridgehead atoms. The molecule has 130 valence electrons. The number of benzene rings is 2. The molecule has 0 fully saturated rings. The molecule has 2 aromatic carbocycles. The molecule has 1 heterocycles. The van der Waals surface area contributed by atoms with Crippen molar-refractivity contribution in [1.29, 1.82) is 0 Å². The predicted molar refractivity (Wildman–Crippen MR) is 97.8 cm³/mol. The Balaban J connectivity index is 1.92. The topological polar surface area (TPSA) is 48.7 Å². The van der Waals surface area contributed by atoms with E-state index < -0.39 is 5.97 Å². The standard InChI is InChI=1S/C19H16Cl2O4/c1-10-6-16(23-8-13-4-5-14(20)7-15(13)21)11(2)19-18(10)17(9-24-19)25-12(3)22/h4-7,9H,8H2,1-3H3. The molecule has 25 heavy (non-hydrogen) atoms. The summed E-state index contributed by atoms with van der Waals surface area (Å²) in [5, 5.41) is 1.90. The van der Waals surface area contributed by atoms with Crippen LogP contribution in [0.2, 0.25) is 10.0 Å². The lowest BCUT2D eigenvalue weighted by atomic mass is 10.1. The van der Waals surface area contributed by atoms with Crippen molar-refractivity contribution in [2.24, 2.45) is 0 Å².